The van der Waals surface area contributed by atoms with E-state index in [1.807, 2.05) is 34.6 Å². The van der Waals surface area contributed by atoms with Crippen LogP contribution in [-0.4, -0.2) is 41.4 Å². The minimum absolute atomic E-state index is 0.121. The van der Waals surface area contributed by atoms with Crippen LogP contribution in [0.25, 0.3) is 0 Å². The van der Waals surface area contributed by atoms with Crippen LogP contribution in [0.2, 0.25) is 0 Å². The third kappa shape index (κ3) is 3.87. The van der Waals surface area contributed by atoms with Gasteiger partial charge in [0.1, 0.15) is 5.60 Å². The Balaban J connectivity index is 2.74. The largest absolute Gasteiger partial charge is 0.444 e. The van der Waals surface area contributed by atoms with Gasteiger partial charge in [-0.3, -0.25) is 4.90 Å². The molecule has 1 aliphatic rings. The monoisotopic (exact) mass is 243 g/mol. The van der Waals surface area contributed by atoms with E-state index in [4.69, 9.17) is 9.47 Å². The molecule has 0 N–H and O–H groups in total. The lowest BCUT2D eigenvalue weighted by Crippen LogP contribution is -2.59. The Kier molecular flexibility index (Phi) is 4.07. The zero-order valence-electron chi connectivity index (χ0n) is 11.9. The summed E-state index contributed by atoms with van der Waals surface area (Å²) in [7, 11) is 0. The summed E-state index contributed by atoms with van der Waals surface area (Å²) in [5, 5.41) is 0. The molecule has 100 valence electrons. The summed E-state index contributed by atoms with van der Waals surface area (Å²) < 4.78 is 11.1. The SMILES string of the molecule is CC[C@H]1CN(C(=O)OC(C)(C)C)C(C)(C)CO1. The number of morpholine rings is 1. The fourth-order valence-corrected chi connectivity index (χ4v) is 1.79. The second-order valence-electron chi connectivity index (χ2n) is 6.24. The van der Waals surface area contributed by atoms with E-state index in [2.05, 4.69) is 6.92 Å². The van der Waals surface area contributed by atoms with E-state index < -0.39 is 5.60 Å². The van der Waals surface area contributed by atoms with Crippen molar-refractivity contribution < 1.29 is 14.3 Å². The second kappa shape index (κ2) is 4.84. The van der Waals surface area contributed by atoms with Crippen LogP contribution in [0, 0.1) is 0 Å². The molecule has 0 saturated carbocycles. The molecule has 17 heavy (non-hydrogen) atoms. The molecule has 0 unspecified atom stereocenters. The molecule has 1 aliphatic heterocycles. The zero-order valence-corrected chi connectivity index (χ0v) is 11.9. The lowest BCUT2D eigenvalue weighted by atomic mass is 10.0. The molecule has 4 heteroatoms. The first-order chi connectivity index (χ1) is 7.65. The molecule has 0 radical (unpaired) electrons. The summed E-state index contributed by atoms with van der Waals surface area (Å²) >= 11 is 0. The van der Waals surface area contributed by atoms with E-state index in [1.165, 1.54) is 0 Å². The van der Waals surface area contributed by atoms with Crippen molar-refractivity contribution in [3.05, 3.63) is 0 Å². The Bertz CT molecular complexity index is 281. The quantitative estimate of drug-likeness (QED) is 0.711. The molecule has 0 aromatic rings. The van der Waals surface area contributed by atoms with Gasteiger partial charge in [0.15, 0.2) is 0 Å². The van der Waals surface area contributed by atoms with Crippen LogP contribution in [-0.2, 0) is 9.47 Å². The van der Waals surface area contributed by atoms with Crippen molar-refractivity contribution in [1.29, 1.82) is 0 Å². The van der Waals surface area contributed by atoms with E-state index in [0.717, 1.165) is 6.42 Å². The Hall–Kier alpha value is -0.770. The molecule has 0 aromatic carbocycles. The van der Waals surface area contributed by atoms with Gasteiger partial charge in [0.05, 0.1) is 24.8 Å². The number of amides is 1. The van der Waals surface area contributed by atoms with Gasteiger partial charge >= 0.3 is 6.09 Å². The standard InChI is InChI=1S/C13H25NO3/c1-7-10-8-14(13(5,6)9-16-10)11(15)17-12(2,3)4/h10H,7-9H2,1-6H3/t10-/m0/s1. The van der Waals surface area contributed by atoms with Crippen LogP contribution in [0.4, 0.5) is 4.79 Å². The van der Waals surface area contributed by atoms with Crippen LogP contribution in [0.3, 0.4) is 0 Å². The summed E-state index contributed by atoms with van der Waals surface area (Å²) in [5.41, 5.74) is -0.749. The van der Waals surface area contributed by atoms with E-state index in [-0.39, 0.29) is 17.7 Å². The molecular weight excluding hydrogens is 218 g/mol. The van der Waals surface area contributed by atoms with Gasteiger partial charge in [-0.2, -0.15) is 0 Å². The molecule has 1 saturated heterocycles. The highest BCUT2D eigenvalue weighted by molar-refractivity contribution is 5.69. The van der Waals surface area contributed by atoms with Crippen molar-refractivity contribution in [1.82, 2.24) is 4.90 Å². The van der Waals surface area contributed by atoms with E-state index in [0.29, 0.717) is 13.2 Å². The summed E-state index contributed by atoms with van der Waals surface area (Å²) in [6.07, 6.45) is 0.787. The molecule has 1 amide bonds. The molecule has 1 fully saturated rings. The first-order valence-corrected chi connectivity index (χ1v) is 6.28. The minimum atomic E-state index is -0.451. The van der Waals surface area contributed by atoms with Crippen molar-refractivity contribution in [3.8, 4) is 0 Å². The van der Waals surface area contributed by atoms with Gasteiger partial charge in [-0.25, -0.2) is 4.79 Å². The zero-order chi connectivity index (χ0) is 13.3. The minimum Gasteiger partial charge on any atom is -0.444 e. The maximum absolute atomic E-state index is 12.1. The van der Waals surface area contributed by atoms with E-state index in [1.54, 1.807) is 4.90 Å². The Morgan fingerprint density at radius 2 is 2.06 bits per heavy atom. The van der Waals surface area contributed by atoms with Gasteiger partial charge in [-0.1, -0.05) is 6.92 Å². The number of carbonyl (C=O) groups is 1. The first-order valence-electron chi connectivity index (χ1n) is 6.28. The van der Waals surface area contributed by atoms with E-state index in [9.17, 15) is 4.79 Å². The normalized spacial score (nSPS) is 24.6. The summed E-state index contributed by atoms with van der Waals surface area (Å²) in [6.45, 7) is 12.9. The van der Waals surface area contributed by atoms with Gasteiger partial charge in [0, 0.05) is 0 Å². The smallest absolute Gasteiger partial charge is 0.410 e. The highest BCUT2D eigenvalue weighted by Gasteiger charge is 2.39. The van der Waals surface area contributed by atoms with Crippen LogP contribution >= 0.6 is 0 Å². The second-order valence-corrected chi connectivity index (χ2v) is 6.24. The topological polar surface area (TPSA) is 38.8 Å². The summed E-state index contributed by atoms with van der Waals surface area (Å²) in [4.78, 5) is 13.9. The van der Waals surface area contributed by atoms with Crippen molar-refractivity contribution in [2.75, 3.05) is 13.2 Å². The molecule has 4 nitrogen and oxygen atoms in total. The van der Waals surface area contributed by atoms with Crippen molar-refractivity contribution >= 4 is 6.09 Å². The first kappa shape index (κ1) is 14.3. The predicted molar refractivity (Wildman–Crippen MR) is 67.1 cm³/mol. The van der Waals surface area contributed by atoms with Gasteiger partial charge < -0.3 is 9.47 Å². The number of ether oxygens (including phenoxy) is 2. The number of carbonyl (C=O) groups excluding carboxylic acids is 1. The van der Waals surface area contributed by atoms with Crippen molar-refractivity contribution in [3.63, 3.8) is 0 Å². The molecule has 1 rings (SSSR count). The summed E-state index contributed by atoms with van der Waals surface area (Å²) in [6, 6.07) is 0. The van der Waals surface area contributed by atoms with Crippen LogP contribution < -0.4 is 0 Å². The maximum atomic E-state index is 12.1. The third-order valence-electron chi connectivity index (χ3n) is 2.86. The fraction of sp³-hybridized carbons (Fsp3) is 0.923. The predicted octanol–water partition coefficient (Wildman–Crippen LogP) is 2.81. The lowest BCUT2D eigenvalue weighted by Gasteiger charge is -2.45. The highest BCUT2D eigenvalue weighted by atomic mass is 16.6. The Morgan fingerprint density at radius 3 is 2.53 bits per heavy atom. The van der Waals surface area contributed by atoms with Crippen molar-refractivity contribution in [2.24, 2.45) is 0 Å². The number of rotatable bonds is 1. The average molecular weight is 243 g/mol. The molecule has 1 heterocycles. The maximum Gasteiger partial charge on any atom is 0.410 e. The van der Waals surface area contributed by atoms with E-state index >= 15 is 0 Å². The van der Waals surface area contributed by atoms with Gasteiger partial charge in [-0.15, -0.1) is 0 Å². The molecule has 0 bridgehead atoms. The fourth-order valence-electron chi connectivity index (χ4n) is 1.79. The third-order valence-corrected chi connectivity index (χ3v) is 2.86. The van der Waals surface area contributed by atoms with Gasteiger partial charge in [0.25, 0.3) is 0 Å². The van der Waals surface area contributed by atoms with Gasteiger partial charge in [0.2, 0.25) is 0 Å². The summed E-state index contributed by atoms with van der Waals surface area (Å²) in [5.74, 6) is 0. The Labute approximate surface area is 104 Å². The highest BCUT2D eigenvalue weighted by Crippen LogP contribution is 2.25. The molecule has 0 aromatic heterocycles. The number of nitrogens with zero attached hydrogens (tertiary/aromatic N) is 1. The molecule has 1 atom stereocenters. The van der Waals surface area contributed by atoms with Crippen LogP contribution in [0.5, 0.6) is 0 Å². The van der Waals surface area contributed by atoms with Crippen LogP contribution in [0.1, 0.15) is 48.0 Å². The van der Waals surface area contributed by atoms with Crippen LogP contribution in [0.15, 0.2) is 0 Å². The Morgan fingerprint density at radius 1 is 1.47 bits per heavy atom. The van der Waals surface area contributed by atoms with Gasteiger partial charge in [-0.05, 0) is 41.0 Å². The molecule has 0 spiro atoms. The average Bonchev–Trinajstić information content (AvgIpc) is 2.14. The number of hydrogen-bond acceptors (Lipinski definition) is 3. The number of hydrogen-bond donors (Lipinski definition) is 0. The lowest BCUT2D eigenvalue weighted by molar-refractivity contribution is -0.0991. The molecule has 0 aliphatic carbocycles. The molecular formula is C13H25NO3. The van der Waals surface area contributed by atoms with Crippen molar-refractivity contribution in [2.45, 2.75) is 65.2 Å².